The Balaban J connectivity index is 2.88. The predicted molar refractivity (Wildman–Crippen MR) is 87.6 cm³/mol. The van der Waals surface area contributed by atoms with Crippen molar-refractivity contribution in [3.05, 3.63) is 0 Å². The predicted octanol–water partition coefficient (Wildman–Crippen LogP) is 4.63. The van der Waals surface area contributed by atoms with Gasteiger partial charge in [0.2, 0.25) is 0 Å². The first-order chi connectivity index (χ1) is 9.41. The van der Waals surface area contributed by atoms with Gasteiger partial charge >= 0.3 is 0 Å². The minimum absolute atomic E-state index is 0.868. The molecule has 0 aliphatic heterocycles. The molecule has 0 spiro atoms. The second-order valence-electron chi connectivity index (χ2n) is 5.78. The molecule has 0 aromatic carbocycles. The molecule has 0 radical (unpaired) electrons. The summed E-state index contributed by atoms with van der Waals surface area (Å²) < 4.78 is 0. The van der Waals surface area contributed by atoms with Crippen molar-refractivity contribution in [2.24, 2.45) is 5.73 Å². The molecule has 0 unspecified atom stereocenters. The third kappa shape index (κ3) is 17.9. The summed E-state index contributed by atoms with van der Waals surface area (Å²) in [6.45, 7) is 5.57. The van der Waals surface area contributed by atoms with Gasteiger partial charge in [0, 0.05) is 0 Å². The Morgan fingerprint density at radius 1 is 0.579 bits per heavy atom. The van der Waals surface area contributed by atoms with Gasteiger partial charge in [0.15, 0.2) is 0 Å². The Labute approximate surface area is 121 Å². The van der Waals surface area contributed by atoms with E-state index in [2.05, 4.69) is 12.2 Å². The van der Waals surface area contributed by atoms with Crippen LogP contribution < -0.4 is 11.1 Å². The molecule has 3 N–H and O–H groups in total. The van der Waals surface area contributed by atoms with Gasteiger partial charge in [0.25, 0.3) is 0 Å². The van der Waals surface area contributed by atoms with E-state index < -0.39 is 0 Å². The topological polar surface area (TPSA) is 38.0 Å². The Morgan fingerprint density at radius 3 is 1.47 bits per heavy atom. The molecule has 0 aliphatic carbocycles. The summed E-state index contributed by atoms with van der Waals surface area (Å²) in [4.78, 5) is 0. The van der Waals surface area contributed by atoms with E-state index in [1.165, 1.54) is 96.6 Å². The summed E-state index contributed by atoms with van der Waals surface area (Å²) in [5, 5.41) is 3.54. The monoisotopic (exact) mass is 270 g/mol. The molecule has 0 bridgehead atoms. The summed E-state index contributed by atoms with van der Waals surface area (Å²) in [5.41, 5.74) is 5.48. The maximum absolute atomic E-state index is 5.48. The van der Waals surface area contributed by atoms with Crippen LogP contribution >= 0.6 is 0 Å². The Hall–Kier alpha value is -0.0800. The Kier molecular flexibility index (Phi) is 17.8. The molecule has 0 amide bonds. The first kappa shape index (κ1) is 18.9. The molecule has 0 saturated heterocycles. The van der Waals surface area contributed by atoms with E-state index in [0.29, 0.717) is 0 Å². The maximum atomic E-state index is 5.48. The van der Waals surface area contributed by atoms with Crippen LogP contribution in [0.1, 0.15) is 90.4 Å². The fraction of sp³-hybridized carbons (Fsp3) is 1.00. The second-order valence-corrected chi connectivity index (χ2v) is 5.78. The zero-order chi connectivity index (χ0) is 14.0. The zero-order valence-electron chi connectivity index (χ0n) is 13.4. The molecule has 0 fully saturated rings. The molecule has 0 aromatic rings. The van der Waals surface area contributed by atoms with Gasteiger partial charge in [-0.05, 0) is 38.9 Å². The lowest BCUT2D eigenvalue weighted by molar-refractivity contribution is 0.536. The van der Waals surface area contributed by atoms with Crippen LogP contribution in [0.5, 0.6) is 0 Å². The first-order valence-corrected chi connectivity index (χ1v) is 8.82. The first-order valence-electron chi connectivity index (χ1n) is 8.82. The van der Waals surface area contributed by atoms with Gasteiger partial charge in [-0.15, -0.1) is 0 Å². The van der Waals surface area contributed by atoms with Crippen LogP contribution in [0.3, 0.4) is 0 Å². The van der Waals surface area contributed by atoms with E-state index >= 15 is 0 Å². The highest BCUT2D eigenvalue weighted by atomic mass is 14.8. The van der Waals surface area contributed by atoms with Crippen molar-refractivity contribution in [3.8, 4) is 0 Å². The summed E-state index contributed by atoms with van der Waals surface area (Å²) in [6, 6.07) is 0. The molecule has 0 heterocycles. The molecular formula is C17H38N2. The number of rotatable bonds is 16. The third-order valence-electron chi connectivity index (χ3n) is 3.76. The van der Waals surface area contributed by atoms with Crippen LogP contribution in [0.2, 0.25) is 0 Å². The number of hydrogen-bond acceptors (Lipinski definition) is 2. The van der Waals surface area contributed by atoms with Crippen LogP contribution in [-0.2, 0) is 0 Å². The number of nitrogens with one attached hydrogen (secondary N) is 1. The summed E-state index contributed by atoms with van der Waals surface area (Å²) in [7, 11) is 0. The average Bonchev–Trinajstić information content (AvgIpc) is 2.43. The average molecular weight is 271 g/mol. The lowest BCUT2D eigenvalue weighted by Crippen LogP contribution is -2.16. The molecule has 116 valence electrons. The molecule has 2 nitrogen and oxygen atoms in total. The third-order valence-corrected chi connectivity index (χ3v) is 3.76. The minimum Gasteiger partial charge on any atom is -0.330 e. The SMILES string of the molecule is CCCCCNCCCCCCCCCCCCN. The van der Waals surface area contributed by atoms with Gasteiger partial charge in [-0.1, -0.05) is 71.1 Å². The van der Waals surface area contributed by atoms with E-state index in [0.717, 1.165) is 6.54 Å². The van der Waals surface area contributed by atoms with Gasteiger partial charge < -0.3 is 11.1 Å². The van der Waals surface area contributed by atoms with Crippen molar-refractivity contribution in [3.63, 3.8) is 0 Å². The smallest absolute Gasteiger partial charge is 0.00489 e. The quantitative estimate of drug-likeness (QED) is 0.401. The van der Waals surface area contributed by atoms with E-state index in [-0.39, 0.29) is 0 Å². The molecule has 0 saturated carbocycles. The highest BCUT2D eigenvalue weighted by molar-refractivity contribution is 4.51. The van der Waals surface area contributed by atoms with E-state index in [9.17, 15) is 0 Å². The maximum Gasteiger partial charge on any atom is -0.00489 e. The second kappa shape index (κ2) is 17.9. The molecule has 0 atom stereocenters. The van der Waals surface area contributed by atoms with E-state index in [1.54, 1.807) is 0 Å². The van der Waals surface area contributed by atoms with Crippen LogP contribution in [0.25, 0.3) is 0 Å². The van der Waals surface area contributed by atoms with Gasteiger partial charge in [0.05, 0.1) is 0 Å². The fourth-order valence-corrected chi connectivity index (χ4v) is 2.43. The van der Waals surface area contributed by atoms with Gasteiger partial charge in [-0.25, -0.2) is 0 Å². The molecule has 0 aromatic heterocycles. The molecule has 0 aliphatic rings. The minimum atomic E-state index is 0.868. The van der Waals surface area contributed by atoms with E-state index in [1.807, 2.05) is 0 Å². The zero-order valence-corrected chi connectivity index (χ0v) is 13.4. The van der Waals surface area contributed by atoms with Crippen molar-refractivity contribution in [2.75, 3.05) is 19.6 Å². The summed E-state index contributed by atoms with van der Waals surface area (Å²) in [5.74, 6) is 0. The van der Waals surface area contributed by atoms with Crippen molar-refractivity contribution < 1.29 is 0 Å². The fourth-order valence-electron chi connectivity index (χ4n) is 2.43. The Morgan fingerprint density at radius 2 is 1.00 bits per heavy atom. The highest BCUT2D eigenvalue weighted by Crippen LogP contribution is 2.10. The lowest BCUT2D eigenvalue weighted by atomic mass is 10.1. The molecule has 19 heavy (non-hydrogen) atoms. The molecular weight excluding hydrogens is 232 g/mol. The number of unbranched alkanes of at least 4 members (excludes halogenated alkanes) is 11. The van der Waals surface area contributed by atoms with Crippen LogP contribution in [-0.4, -0.2) is 19.6 Å². The Bertz CT molecular complexity index is 132. The van der Waals surface area contributed by atoms with Crippen molar-refractivity contribution in [1.82, 2.24) is 5.32 Å². The summed E-state index contributed by atoms with van der Waals surface area (Å²) >= 11 is 0. The standard InChI is InChI=1S/C17H38N2/c1-2-3-13-16-19-17-14-11-9-7-5-4-6-8-10-12-15-18/h19H,2-18H2,1H3. The van der Waals surface area contributed by atoms with Crippen LogP contribution in [0, 0.1) is 0 Å². The van der Waals surface area contributed by atoms with Crippen molar-refractivity contribution >= 4 is 0 Å². The summed E-state index contributed by atoms with van der Waals surface area (Å²) in [6.07, 6.45) is 17.9. The highest BCUT2D eigenvalue weighted by Gasteiger charge is 1.93. The van der Waals surface area contributed by atoms with Gasteiger partial charge in [-0.3, -0.25) is 0 Å². The largest absolute Gasteiger partial charge is 0.330 e. The van der Waals surface area contributed by atoms with Crippen molar-refractivity contribution in [1.29, 1.82) is 0 Å². The number of nitrogens with two attached hydrogens (primary N) is 1. The normalized spacial score (nSPS) is 11.1. The van der Waals surface area contributed by atoms with Crippen LogP contribution in [0.4, 0.5) is 0 Å². The van der Waals surface area contributed by atoms with E-state index in [4.69, 9.17) is 5.73 Å². The van der Waals surface area contributed by atoms with Crippen LogP contribution in [0.15, 0.2) is 0 Å². The van der Waals surface area contributed by atoms with Crippen molar-refractivity contribution in [2.45, 2.75) is 90.4 Å². The lowest BCUT2D eigenvalue weighted by Gasteiger charge is -2.04. The number of hydrogen-bond donors (Lipinski definition) is 2. The molecule has 2 heteroatoms. The van der Waals surface area contributed by atoms with Gasteiger partial charge in [0.1, 0.15) is 0 Å². The molecule has 0 rings (SSSR count). The van der Waals surface area contributed by atoms with Gasteiger partial charge in [-0.2, -0.15) is 0 Å².